The van der Waals surface area contributed by atoms with E-state index in [1.807, 2.05) is 36.4 Å². The largest absolute Gasteiger partial charge is 0.399 e. The minimum atomic E-state index is 0.597. The summed E-state index contributed by atoms with van der Waals surface area (Å²) in [7, 11) is 0. The third-order valence-electron chi connectivity index (χ3n) is 2.38. The molecule has 2 aromatic rings. The Morgan fingerprint density at radius 1 is 0.889 bits per heavy atom. The Labute approximate surface area is 106 Å². The molecule has 1 aliphatic rings. The number of hydrogen-bond donors (Lipinski definition) is 1. The van der Waals surface area contributed by atoms with Gasteiger partial charge in [-0.05, 0) is 29.3 Å². The van der Waals surface area contributed by atoms with Crippen molar-refractivity contribution in [2.24, 2.45) is 0 Å². The Hall–Kier alpha value is -2.26. The molecule has 3 rings (SSSR count). The third kappa shape index (κ3) is 3.64. The molecular formula is C15H15NO2. The van der Waals surface area contributed by atoms with Gasteiger partial charge in [0.2, 0.25) is 0 Å². The highest BCUT2D eigenvalue weighted by Gasteiger charge is 1.94. The zero-order chi connectivity index (χ0) is 12.6. The molecule has 2 N–H and O–H groups in total. The van der Waals surface area contributed by atoms with E-state index in [9.17, 15) is 0 Å². The van der Waals surface area contributed by atoms with Crippen LogP contribution in [0.3, 0.4) is 0 Å². The van der Waals surface area contributed by atoms with Gasteiger partial charge in [0.05, 0.1) is 0 Å². The zero-order valence-corrected chi connectivity index (χ0v) is 9.95. The van der Waals surface area contributed by atoms with E-state index in [1.165, 1.54) is 17.4 Å². The van der Waals surface area contributed by atoms with Gasteiger partial charge in [0.25, 0.3) is 0 Å². The monoisotopic (exact) mass is 241 g/mol. The van der Waals surface area contributed by atoms with E-state index >= 15 is 0 Å². The minimum Gasteiger partial charge on any atom is -0.399 e. The van der Waals surface area contributed by atoms with Crippen LogP contribution >= 0.6 is 0 Å². The van der Waals surface area contributed by atoms with Gasteiger partial charge in [-0.3, -0.25) is 0 Å². The number of rotatable bonds is 1. The fourth-order valence-electron chi connectivity index (χ4n) is 1.55. The number of nitrogens with two attached hydrogens (primary N) is 1. The Morgan fingerprint density at radius 3 is 2.22 bits per heavy atom. The highest BCUT2D eigenvalue weighted by Crippen LogP contribution is 2.20. The first-order valence-electron chi connectivity index (χ1n) is 5.70. The van der Waals surface area contributed by atoms with Gasteiger partial charge in [0.1, 0.15) is 12.9 Å². The van der Waals surface area contributed by atoms with E-state index in [-0.39, 0.29) is 0 Å². The highest BCUT2D eigenvalue weighted by atomic mass is 17.2. The summed E-state index contributed by atoms with van der Waals surface area (Å²) in [5.74, 6) is 0. The molecule has 92 valence electrons. The standard InChI is InChI=1S/C12H11N.C3H4O2/c13-12-8-4-7-11(9-12)10-5-2-1-3-6-10;1-2-4-5-3-1/h1-9H,13H2;1-2H,3H2. The van der Waals surface area contributed by atoms with Gasteiger partial charge in [0.15, 0.2) is 0 Å². The quantitative estimate of drug-likeness (QED) is 0.614. The maximum absolute atomic E-state index is 5.70. The van der Waals surface area contributed by atoms with Gasteiger partial charge in [-0.2, -0.15) is 4.89 Å². The van der Waals surface area contributed by atoms with Crippen LogP contribution in [0, 0.1) is 0 Å². The first kappa shape index (κ1) is 12.2. The molecule has 0 saturated heterocycles. The summed E-state index contributed by atoms with van der Waals surface area (Å²) in [6, 6.07) is 18.1. The second-order valence-corrected chi connectivity index (χ2v) is 3.74. The minimum absolute atomic E-state index is 0.597. The van der Waals surface area contributed by atoms with Crippen LogP contribution in [0.5, 0.6) is 0 Å². The molecule has 0 aliphatic carbocycles. The first-order valence-corrected chi connectivity index (χ1v) is 5.70. The molecule has 0 saturated carbocycles. The van der Waals surface area contributed by atoms with Crippen molar-refractivity contribution in [1.29, 1.82) is 0 Å². The number of benzene rings is 2. The summed E-state index contributed by atoms with van der Waals surface area (Å²) in [6.45, 7) is 0.597. The molecule has 1 aliphatic heterocycles. The van der Waals surface area contributed by atoms with E-state index in [0.29, 0.717) is 6.61 Å². The van der Waals surface area contributed by atoms with Crippen LogP contribution in [-0.2, 0) is 9.78 Å². The van der Waals surface area contributed by atoms with Gasteiger partial charge >= 0.3 is 0 Å². The Balaban J connectivity index is 0.000000202. The lowest BCUT2D eigenvalue weighted by Crippen LogP contribution is -1.84. The summed E-state index contributed by atoms with van der Waals surface area (Å²) >= 11 is 0. The normalized spacial score (nSPS) is 12.4. The number of nitrogen functional groups attached to an aromatic ring is 1. The molecule has 0 radical (unpaired) electrons. The SMILES string of the molecule is C1=COOC1.Nc1cccc(-c2ccccc2)c1. The van der Waals surface area contributed by atoms with Crippen molar-refractivity contribution in [2.75, 3.05) is 12.3 Å². The highest BCUT2D eigenvalue weighted by molar-refractivity contribution is 5.66. The topological polar surface area (TPSA) is 44.5 Å². The van der Waals surface area contributed by atoms with Gasteiger partial charge in [-0.15, -0.1) is 0 Å². The van der Waals surface area contributed by atoms with Crippen LogP contribution in [-0.4, -0.2) is 6.61 Å². The van der Waals surface area contributed by atoms with Gasteiger partial charge in [0, 0.05) is 5.69 Å². The van der Waals surface area contributed by atoms with Crippen LogP contribution in [0.1, 0.15) is 0 Å². The van der Waals surface area contributed by atoms with Crippen LogP contribution in [0.25, 0.3) is 11.1 Å². The van der Waals surface area contributed by atoms with Gasteiger partial charge < -0.3 is 10.6 Å². The molecule has 1 heterocycles. The molecule has 0 spiro atoms. The predicted octanol–water partition coefficient (Wildman–Crippen LogP) is 3.40. The fourth-order valence-corrected chi connectivity index (χ4v) is 1.55. The van der Waals surface area contributed by atoms with Crippen LogP contribution in [0.15, 0.2) is 66.9 Å². The lowest BCUT2D eigenvalue weighted by atomic mass is 10.1. The summed E-state index contributed by atoms with van der Waals surface area (Å²) in [6.07, 6.45) is 3.31. The molecule has 0 unspecified atom stereocenters. The van der Waals surface area contributed by atoms with Crippen molar-refractivity contribution in [3.63, 3.8) is 0 Å². The molecule has 18 heavy (non-hydrogen) atoms. The molecule has 2 aromatic carbocycles. The van der Waals surface area contributed by atoms with Gasteiger partial charge in [-0.25, -0.2) is 0 Å². The molecule has 0 atom stereocenters. The van der Waals surface area contributed by atoms with E-state index in [4.69, 9.17) is 5.73 Å². The number of hydrogen-bond acceptors (Lipinski definition) is 3. The smallest absolute Gasteiger partial charge is 0.128 e. The summed E-state index contributed by atoms with van der Waals surface area (Å²) < 4.78 is 0. The Kier molecular flexibility index (Phi) is 4.39. The maximum Gasteiger partial charge on any atom is 0.128 e. The van der Waals surface area contributed by atoms with E-state index in [2.05, 4.69) is 28.0 Å². The second-order valence-electron chi connectivity index (χ2n) is 3.74. The van der Waals surface area contributed by atoms with E-state index in [0.717, 1.165) is 5.69 Å². The Bertz CT molecular complexity index is 503. The average molecular weight is 241 g/mol. The molecule has 0 fully saturated rings. The second kappa shape index (κ2) is 6.47. The summed E-state index contributed by atoms with van der Waals surface area (Å²) in [5.41, 5.74) is 8.87. The lowest BCUT2D eigenvalue weighted by molar-refractivity contribution is -0.221. The maximum atomic E-state index is 5.70. The molecule has 0 aromatic heterocycles. The lowest BCUT2D eigenvalue weighted by Gasteiger charge is -2.01. The molecular weight excluding hydrogens is 226 g/mol. The Morgan fingerprint density at radius 2 is 1.67 bits per heavy atom. The fraction of sp³-hybridized carbons (Fsp3) is 0.0667. The predicted molar refractivity (Wildman–Crippen MR) is 72.5 cm³/mol. The van der Waals surface area contributed by atoms with Crippen molar-refractivity contribution in [1.82, 2.24) is 0 Å². The molecule has 0 amide bonds. The first-order chi connectivity index (χ1) is 8.86. The average Bonchev–Trinajstić information content (AvgIpc) is 2.99. The van der Waals surface area contributed by atoms with Crippen LogP contribution in [0.2, 0.25) is 0 Å². The van der Waals surface area contributed by atoms with E-state index < -0.39 is 0 Å². The van der Waals surface area contributed by atoms with Crippen LogP contribution < -0.4 is 5.73 Å². The third-order valence-corrected chi connectivity index (χ3v) is 2.38. The molecule has 3 heteroatoms. The van der Waals surface area contributed by atoms with Gasteiger partial charge in [-0.1, -0.05) is 42.5 Å². The van der Waals surface area contributed by atoms with Crippen molar-refractivity contribution in [2.45, 2.75) is 0 Å². The van der Waals surface area contributed by atoms with E-state index in [1.54, 1.807) is 6.08 Å². The zero-order valence-electron chi connectivity index (χ0n) is 9.95. The van der Waals surface area contributed by atoms with Crippen molar-refractivity contribution < 1.29 is 9.78 Å². The van der Waals surface area contributed by atoms with Crippen molar-refractivity contribution in [3.8, 4) is 11.1 Å². The number of anilines is 1. The summed E-state index contributed by atoms with van der Waals surface area (Å²) in [5, 5.41) is 0. The van der Waals surface area contributed by atoms with Crippen molar-refractivity contribution >= 4 is 5.69 Å². The van der Waals surface area contributed by atoms with Crippen molar-refractivity contribution in [3.05, 3.63) is 66.9 Å². The summed E-state index contributed by atoms with van der Waals surface area (Å²) in [4.78, 5) is 8.60. The molecule has 3 nitrogen and oxygen atoms in total. The van der Waals surface area contributed by atoms with Crippen LogP contribution in [0.4, 0.5) is 5.69 Å². The molecule has 0 bridgehead atoms.